The van der Waals surface area contributed by atoms with E-state index in [2.05, 4.69) is 10.3 Å². The van der Waals surface area contributed by atoms with E-state index in [1.807, 2.05) is 0 Å². The highest BCUT2D eigenvalue weighted by atomic mass is 35.5. The van der Waals surface area contributed by atoms with E-state index in [1.54, 1.807) is 24.3 Å². The first kappa shape index (κ1) is 23.6. The molecular weight excluding hydrogens is 474 g/mol. The second kappa shape index (κ2) is 10.1. The molecule has 32 heavy (non-hydrogen) atoms. The van der Waals surface area contributed by atoms with Gasteiger partial charge in [0, 0.05) is 26.3 Å². The number of rotatable bonds is 7. The van der Waals surface area contributed by atoms with Crippen molar-refractivity contribution in [2.24, 2.45) is 5.92 Å². The Morgan fingerprint density at radius 2 is 2.00 bits per heavy atom. The SMILES string of the molecule is O=C(Nc1ncc(Cl)s1)C(CC1CCOCC1)c1ccc(S(=O)(=O)N2CCC(O)C2)cc1. The van der Waals surface area contributed by atoms with E-state index in [0.29, 0.717) is 48.0 Å². The Labute approximate surface area is 196 Å². The van der Waals surface area contributed by atoms with Crippen molar-refractivity contribution < 1.29 is 23.1 Å². The highest BCUT2D eigenvalue weighted by molar-refractivity contribution is 7.89. The molecule has 0 saturated carbocycles. The fourth-order valence-corrected chi connectivity index (χ4v) is 6.47. The lowest BCUT2D eigenvalue weighted by Crippen LogP contribution is -2.30. The summed E-state index contributed by atoms with van der Waals surface area (Å²) in [5, 5.41) is 13.0. The summed E-state index contributed by atoms with van der Waals surface area (Å²) in [5.74, 6) is -0.305. The summed E-state index contributed by atoms with van der Waals surface area (Å²) in [5.41, 5.74) is 0.747. The zero-order valence-corrected chi connectivity index (χ0v) is 19.8. The molecule has 2 aromatic rings. The van der Waals surface area contributed by atoms with Gasteiger partial charge < -0.3 is 15.2 Å². The Morgan fingerprint density at radius 1 is 1.28 bits per heavy atom. The third-order valence-electron chi connectivity index (χ3n) is 5.98. The first-order valence-corrected chi connectivity index (χ1v) is 13.2. The van der Waals surface area contributed by atoms with Crippen LogP contribution in [-0.2, 0) is 19.6 Å². The number of carbonyl (C=O) groups excluding carboxylic acids is 1. The first-order chi connectivity index (χ1) is 15.3. The summed E-state index contributed by atoms with van der Waals surface area (Å²) >= 11 is 7.13. The highest BCUT2D eigenvalue weighted by Gasteiger charge is 2.32. The summed E-state index contributed by atoms with van der Waals surface area (Å²) in [6.07, 6.45) is 3.71. The number of nitrogens with zero attached hydrogens (tertiary/aromatic N) is 2. The lowest BCUT2D eigenvalue weighted by molar-refractivity contribution is -0.118. The number of nitrogens with one attached hydrogen (secondary N) is 1. The van der Waals surface area contributed by atoms with Gasteiger partial charge in [0.15, 0.2) is 5.13 Å². The van der Waals surface area contributed by atoms with Crippen LogP contribution in [0.5, 0.6) is 0 Å². The minimum absolute atomic E-state index is 0.106. The standard InChI is InChI=1S/C21H26ClN3O5S2/c22-19-12-23-21(31-19)24-20(27)18(11-14-6-9-30-10-7-14)15-1-3-17(4-2-15)32(28,29)25-8-5-16(26)13-25/h1-4,12,14,16,18,26H,5-11,13H2,(H,23,24,27). The van der Waals surface area contributed by atoms with Gasteiger partial charge in [-0.2, -0.15) is 4.31 Å². The number of anilines is 1. The van der Waals surface area contributed by atoms with Gasteiger partial charge in [0.2, 0.25) is 15.9 Å². The lowest BCUT2D eigenvalue weighted by atomic mass is 9.84. The fourth-order valence-electron chi connectivity index (χ4n) is 4.16. The van der Waals surface area contributed by atoms with Crippen molar-refractivity contribution in [2.75, 3.05) is 31.6 Å². The number of carbonyl (C=O) groups is 1. The zero-order chi connectivity index (χ0) is 22.7. The molecule has 0 bridgehead atoms. The molecule has 2 fully saturated rings. The maximum atomic E-state index is 13.2. The topological polar surface area (TPSA) is 109 Å². The molecule has 2 N–H and O–H groups in total. The number of ether oxygens (including phenoxy) is 1. The summed E-state index contributed by atoms with van der Waals surface area (Å²) in [7, 11) is -3.67. The maximum Gasteiger partial charge on any atom is 0.243 e. The van der Waals surface area contributed by atoms with Crippen LogP contribution < -0.4 is 5.32 Å². The number of hydrogen-bond acceptors (Lipinski definition) is 7. The van der Waals surface area contributed by atoms with Gasteiger partial charge in [0.1, 0.15) is 4.34 Å². The Balaban J connectivity index is 1.55. The zero-order valence-electron chi connectivity index (χ0n) is 17.4. The fraction of sp³-hybridized carbons (Fsp3) is 0.524. The largest absolute Gasteiger partial charge is 0.392 e. The number of hydrogen-bond donors (Lipinski definition) is 2. The van der Waals surface area contributed by atoms with Gasteiger partial charge in [-0.05, 0) is 49.3 Å². The molecule has 2 aliphatic rings. The van der Waals surface area contributed by atoms with Crippen molar-refractivity contribution in [3.8, 4) is 0 Å². The van der Waals surface area contributed by atoms with Crippen LogP contribution in [-0.4, -0.2) is 61.1 Å². The van der Waals surface area contributed by atoms with Gasteiger partial charge in [0.05, 0.1) is 23.1 Å². The van der Waals surface area contributed by atoms with Crippen molar-refractivity contribution >= 4 is 44.0 Å². The first-order valence-electron chi connectivity index (χ1n) is 10.6. The molecule has 0 aliphatic carbocycles. The van der Waals surface area contributed by atoms with Crippen molar-refractivity contribution in [1.29, 1.82) is 0 Å². The van der Waals surface area contributed by atoms with Crippen LogP contribution in [0.15, 0.2) is 35.4 Å². The molecule has 0 spiro atoms. The van der Waals surface area contributed by atoms with Crippen molar-refractivity contribution in [3.63, 3.8) is 0 Å². The molecule has 2 atom stereocenters. The third kappa shape index (κ3) is 5.49. The number of halogens is 1. The quantitative estimate of drug-likeness (QED) is 0.606. The summed E-state index contributed by atoms with van der Waals surface area (Å²) < 4.78 is 32.9. The van der Waals surface area contributed by atoms with Crippen molar-refractivity contribution in [1.82, 2.24) is 9.29 Å². The van der Waals surface area contributed by atoms with E-state index in [1.165, 1.54) is 21.8 Å². The Morgan fingerprint density at radius 3 is 2.59 bits per heavy atom. The van der Waals surface area contributed by atoms with Gasteiger partial charge >= 0.3 is 0 Å². The predicted molar refractivity (Wildman–Crippen MR) is 122 cm³/mol. The summed E-state index contributed by atoms with van der Waals surface area (Å²) in [6.45, 7) is 1.77. The van der Waals surface area contributed by atoms with Crippen LogP contribution in [0.3, 0.4) is 0 Å². The molecule has 2 saturated heterocycles. The van der Waals surface area contributed by atoms with E-state index in [4.69, 9.17) is 16.3 Å². The van der Waals surface area contributed by atoms with E-state index in [-0.39, 0.29) is 17.3 Å². The molecule has 0 radical (unpaired) electrons. The van der Waals surface area contributed by atoms with Gasteiger partial charge in [-0.3, -0.25) is 4.79 Å². The smallest absolute Gasteiger partial charge is 0.243 e. The number of aromatic nitrogens is 1. The van der Waals surface area contributed by atoms with E-state index < -0.39 is 22.0 Å². The molecule has 4 rings (SSSR count). The highest BCUT2D eigenvalue weighted by Crippen LogP contribution is 2.32. The summed E-state index contributed by atoms with van der Waals surface area (Å²) in [4.78, 5) is 17.4. The Bertz CT molecular complexity index is 1040. The number of amides is 1. The molecule has 11 heteroatoms. The van der Waals surface area contributed by atoms with Crippen LogP contribution >= 0.6 is 22.9 Å². The molecule has 1 aromatic heterocycles. The summed E-state index contributed by atoms with van der Waals surface area (Å²) in [6, 6.07) is 6.50. The Hall–Kier alpha value is -1.56. The van der Waals surface area contributed by atoms with E-state index in [0.717, 1.165) is 18.4 Å². The van der Waals surface area contributed by atoms with Gasteiger partial charge in [-0.1, -0.05) is 35.1 Å². The monoisotopic (exact) mass is 499 g/mol. The maximum absolute atomic E-state index is 13.2. The molecule has 1 aromatic carbocycles. The third-order valence-corrected chi connectivity index (χ3v) is 8.89. The van der Waals surface area contributed by atoms with Crippen molar-refractivity contribution in [3.05, 3.63) is 40.4 Å². The second-order valence-corrected chi connectivity index (χ2v) is 11.8. The normalized spacial score (nSPS) is 21.5. The van der Waals surface area contributed by atoms with Crippen LogP contribution in [0.4, 0.5) is 5.13 Å². The minimum atomic E-state index is -3.67. The van der Waals surface area contributed by atoms with Gasteiger partial charge in [0.25, 0.3) is 0 Å². The lowest BCUT2D eigenvalue weighted by Gasteiger charge is -2.26. The molecule has 8 nitrogen and oxygen atoms in total. The number of β-amino-alcohol motifs (C(OH)–C–C–N with tert-alkyl or cyclic N) is 1. The molecule has 3 heterocycles. The number of sulfonamides is 1. The van der Waals surface area contributed by atoms with E-state index >= 15 is 0 Å². The van der Waals surface area contributed by atoms with Crippen LogP contribution in [0.1, 0.15) is 37.2 Å². The molecular formula is C21H26ClN3O5S2. The van der Waals surface area contributed by atoms with Gasteiger partial charge in [-0.25, -0.2) is 13.4 Å². The number of benzene rings is 1. The predicted octanol–water partition coefficient (Wildman–Crippen LogP) is 3.09. The number of aliphatic hydroxyl groups excluding tert-OH is 1. The Kier molecular flexibility index (Phi) is 7.48. The van der Waals surface area contributed by atoms with E-state index in [9.17, 15) is 18.3 Å². The molecule has 2 aliphatic heterocycles. The minimum Gasteiger partial charge on any atom is -0.392 e. The van der Waals surface area contributed by atoms with Crippen LogP contribution in [0, 0.1) is 5.92 Å². The average Bonchev–Trinajstić information content (AvgIpc) is 3.41. The van der Waals surface area contributed by atoms with Gasteiger partial charge in [-0.15, -0.1) is 0 Å². The average molecular weight is 500 g/mol. The van der Waals surface area contributed by atoms with Crippen LogP contribution in [0.25, 0.3) is 0 Å². The number of aliphatic hydroxyl groups is 1. The molecule has 174 valence electrons. The van der Waals surface area contributed by atoms with Crippen LogP contribution in [0.2, 0.25) is 4.34 Å². The number of thiazole rings is 1. The molecule has 1 amide bonds. The second-order valence-electron chi connectivity index (χ2n) is 8.18. The van der Waals surface area contributed by atoms with Crippen molar-refractivity contribution in [2.45, 2.75) is 42.6 Å². The molecule has 2 unspecified atom stereocenters.